The maximum Gasteiger partial charge on any atom is 0.263 e. The summed E-state index contributed by atoms with van der Waals surface area (Å²) in [6.07, 6.45) is -0.140. The summed E-state index contributed by atoms with van der Waals surface area (Å²) in [5.74, 6) is 0.693. The summed E-state index contributed by atoms with van der Waals surface area (Å²) in [5, 5.41) is 0. The number of sulfone groups is 1. The van der Waals surface area contributed by atoms with Gasteiger partial charge in [-0.15, -0.1) is 0 Å². The lowest BCUT2D eigenvalue weighted by atomic mass is 9.87. The average Bonchev–Trinajstić information content (AvgIpc) is 2.87. The molecule has 0 aromatic heterocycles. The molecule has 0 N–H and O–H groups in total. The Bertz CT molecular complexity index is 704. The quantitative estimate of drug-likeness (QED) is 0.803. The number of ether oxygens (including phenoxy) is 1. The minimum Gasteiger partial charge on any atom is -0.481 e. The van der Waals surface area contributed by atoms with Crippen molar-refractivity contribution >= 4 is 15.7 Å². The van der Waals surface area contributed by atoms with E-state index < -0.39 is 15.9 Å². The summed E-state index contributed by atoms with van der Waals surface area (Å²) in [5.41, 5.74) is 1.26. The Balaban J connectivity index is 2.03. The Kier molecular flexibility index (Phi) is 5.82. The molecule has 1 amide bonds. The third kappa shape index (κ3) is 4.97. The molecule has 1 heterocycles. The molecule has 2 rings (SSSR count). The smallest absolute Gasteiger partial charge is 0.263 e. The lowest BCUT2D eigenvalue weighted by Gasteiger charge is -2.29. The van der Waals surface area contributed by atoms with E-state index in [9.17, 15) is 13.2 Å². The summed E-state index contributed by atoms with van der Waals surface area (Å²) >= 11 is 0. The van der Waals surface area contributed by atoms with Gasteiger partial charge in [0.2, 0.25) is 0 Å². The van der Waals surface area contributed by atoms with Crippen LogP contribution in [-0.2, 0) is 20.0 Å². The Morgan fingerprint density at radius 2 is 1.88 bits per heavy atom. The first-order chi connectivity index (χ1) is 11.5. The maximum absolute atomic E-state index is 12.7. The highest BCUT2D eigenvalue weighted by atomic mass is 32.2. The summed E-state index contributed by atoms with van der Waals surface area (Å²) in [4.78, 5) is 14.3. The lowest BCUT2D eigenvalue weighted by molar-refractivity contribution is -0.139. The molecule has 1 aromatic rings. The van der Waals surface area contributed by atoms with Crippen LogP contribution >= 0.6 is 0 Å². The van der Waals surface area contributed by atoms with Crippen molar-refractivity contribution < 1.29 is 17.9 Å². The van der Waals surface area contributed by atoms with Crippen LogP contribution in [0.1, 0.15) is 46.6 Å². The highest BCUT2D eigenvalue weighted by Crippen LogP contribution is 2.25. The van der Waals surface area contributed by atoms with Gasteiger partial charge in [-0.25, -0.2) is 8.42 Å². The van der Waals surface area contributed by atoms with E-state index in [1.54, 1.807) is 11.8 Å². The molecule has 1 saturated heterocycles. The maximum atomic E-state index is 12.7. The number of carbonyl (C=O) groups excluding carboxylic acids is 1. The summed E-state index contributed by atoms with van der Waals surface area (Å²) in [6, 6.07) is 7.53. The van der Waals surface area contributed by atoms with Gasteiger partial charge in [0.25, 0.3) is 5.91 Å². The van der Waals surface area contributed by atoms with E-state index in [1.807, 2.05) is 31.2 Å². The third-order valence-electron chi connectivity index (χ3n) is 4.65. The molecular weight excluding hydrogens is 338 g/mol. The SMILES string of the molecule is CCN(C(=O)C(C)Oc1ccc(C(C)(C)C)cc1)C1CCS(=O)(=O)C1. The van der Waals surface area contributed by atoms with Gasteiger partial charge in [-0.2, -0.15) is 0 Å². The monoisotopic (exact) mass is 367 g/mol. The van der Waals surface area contributed by atoms with Gasteiger partial charge in [-0.3, -0.25) is 4.79 Å². The molecule has 1 aliphatic rings. The van der Waals surface area contributed by atoms with Crippen molar-refractivity contribution in [1.29, 1.82) is 0 Å². The second-order valence-corrected chi connectivity index (χ2v) is 9.94. The molecular formula is C19H29NO4S. The van der Waals surface area contributed by atoms with Crippen LogP contribution in [0.25, 0.3) is 0 Å². The summed E-state index contributed by atoms with van der Waals surface area (Å²) in [7, 11) is -3.02. The van der Waals surface area contributed by atoms with Crippen molar-refractivity contribution in [1.82, 2.24) is 4.90 Å². The predicted molar refractivity (Wildman–Crippen MR) is 99.7 cm³/mol. The van der Waals surface area contributed by atoms with Crippen molar-refractivity contribution in [2.75, 3.05) is 18.1 Å². The molecule has 0 bridgehead atoms. The Morgan fingerprint density at radius 1 is 1.28 bits per heavy atom. The molecule has 2 atom stereocenters. The van der Waals surface area contributed by atoms with E-state index >= 15 is 0 Å². The van der Waals surface area contributed by atoms with Crippen molar-refractivity contribution in [3.8, 4) is 5.75 Å². The fraction of sp³-hybridized carbons (Fsp3) is 0.632. The predicted octanol–water partition coefficient (Wildman–Crippen LogP) is 2.79. The van der Waals surface area contributed by atoms with Crippen LogP contribution in [0.2, 0.25) is 0 Å². The van der Waals surface area contributed by atoms with Gasteiger partial charge in [0, 0.05) is 12.6 Å². The van der Waals surface area contributed by atoms with Crippen LogP contribution in [0.5, 0.6) is 5.75 Å². The van der Waals surface area contributed by atoms with E-state index in [0.717, 1.165) is 0 Å². The van der Waals surface area contributed by atoms with E-state index in [-0.39, 0.29) is 28.9 Å². The molecule has 140 valence electrons. The zero-order valence-electron chi connectivity index (χ0n) is 15.8. The van der Waals surface area contributed by atoms with E-state index in [4.69, 9.17) is 4.74 Å². The van der Waals surface area contributed by atoms with Crippen LogP contribution in [0.15, 0.2) is 24.3 Å². The minimum absolute atomic E-state index is 0.0551. The largest absolute Gasteiger partial charge is 0.481 e. The van der Waals surface area contributed by atoms with Crippen molar-refractivity contribution in [2.45, 2.75) is 58.6 Å². The molecule has 1 aromatic carbocycles. The standard InChI is InChI=1S/C19H29NO4S/c1-6-20(16-11-12-25(22,23)13-16)18(21)14(2)24-17-9-7-15(8-10-17)19(3,4)5/h7-10,14,16H,6,11-13H2,1-5H3. The van der Waals surface area contributed by atoms with Gasteiger partial charge >= 0.3 is 0 Å². The number of hydrogen-bond donors (Lipinski definition) is 0. The Hall–Kier alpha value is -1.56. The Morgan fingerprint density at radius 3 is 2.32 bits per heavy atom. The fourth-order valence-corrected chi connectivity index (χ4v) is 4.87. The van der Waals surface area contributed by atoms with Crippen LogP contribution in [0.3, 0.4) is 0 Å². The van der Waals surface area contributed by atoms with E-state index in [2.05, 4.69) is 20.8 Å². The van der Waals surface area contributed by atoms with Crippen LogP contribution < -0.4 is 4.74 Å². The zero-order valence-corrected chi connectivity index (χ0v) is 16.6. The number of amides is 1. The molecule has 0 aliphatic carbocycles. The summed E-state index contributed by atoms with van der Waals surface area (Å²) in [6.45, 7) is 10.5. The van der Waals surface area contributed by atoms with Crippen molar-refractivity contribution in [3.05, 3.63) is 29.8 Å². The molecule has 0 radical (unpaired) electrons. The number of benzene rings is 1. The number of rotatable bonds is 5. The van der Waals surface area contributed by atoms with Gasteiger partial charge in [0.15, 0.2) is 15.9 Å². The normalized spacial score (nSPS) is 20.9. The van der Waals surface area contributed by atoms with Gasteiger partial charge in [0.05, 0.1) is 11.5 Å². The summed E-state index contributed by atoms with van der Waals surface area (Å²) < 4.78 is 29.2. The number of likely N-dealkylation sites (N-methyl/N-ethyl adjacent to an activating group) is 1. The third-order valence-corrected chi connectivity index (χ3v) is 6.40. The first-order valence-electron chi connectivity index (χ1n) is 8.81. The van der Waals surface area contributed by atoms with Gasteiger partial charge < -0.3 is 9.64 Å². The Labute approximate surface area is 151 Å². The van der Waals surface area contributed by atoms with Gasteiger partial charge in [-0.05, 0) is 43.4 Å². The zero-order chi connectivity index (χ0) is 18.8. The molecule has 0 spiro atoms. The second-order valence-electron chi connectivity index (χ2n) is 7.72. The van der Waals surface area contributed by atoms with Crippen molar-refractivity contribution in [3.63, 3.8) is 0 Å². The molecule has 5 nitrogen and oxygen atoms in total. The number of carbonyl (C=O) groups is 1. The first kappa shape index (κ1) is 19.8. The van der Waals surface area contributed by atoms with E-state index in [1.165, 1.54) is 5.56 Å². The molecule has 1 fully saturated rings. The molecule has 6 heteroatoms. The molecule has 25 heavy (non-hydrogen) atoms. The topological polar surface area (TPSA) is 63.7 Å². The van der Waals surface area contributed by atoms with Gasteiger partial charge in [0.1, 0.15) is 5.75 Å². The average molecular weight is 368 g/mol. The van der Waals surface area contributed by atoms with Crippen LogP contribution in [0, 0.1) is 0 Å². The minimum atomic E-state index is -3.02. The van der Waals surface area contributed by atoms with Gasteiger partial charge in [-0.1, -0.05) is 32.9 Å². The van der Waals surface area contributed by atoms with Crippen LogP contribution in [-0.4, -0.2) is 49.4 Å². The molecule has 0 saturated carbocycles. The second kappa shape index (κ2) is 7.36. The van der Waals surface area contributed by atoms with Crippen molar-refractivity contribution in [2.24, 2.45) is 0 Å². The fourth-order valence-electron chi connectivity index (χ4n) is 3.14. The van der Waals surface area contributed by atoms with E-state index in [0.29, 0.717) is 18.7 Å². The van der Waals surface area contributed by atoms with Crippen LogP contribution in [0.4, 0.5) is 0 Å². The number of hydrogen-bond acceptors (Lipinski definition) is 4. The molecule has 1 aliphatic heterocycles. The first-order valence-corrected chi connectivity index (χ1v) is 10.6. The molecule has 2 unspecified atom stereocenters. The highest BCUT2D eigenvalue weighted by molar-refractivity contribution is 7.91. The number of nitrogens with zero attached hydrogens (tertiary/aromatic N) is 1. The highest BCUT2D eigenvalue weighted by Gasteiger charge is 2.35. The lowest BCUT2D eigenvalue weighted by Crippen LogP contribution is -2.46.